The molecule has 0 spiro atoms. The number of thioether (sulfide) groups is 2. The predicted molar refractivity (Wildman–Crippen MR) is 44.3 cm³/mol. The van der Waals surface area contributed by atoms with Crippen molar-refractivity contribution in [1.29, 1.82) is 0 Å². The van der Waals surface area contributed by atoms with Crippen molar-refractivity contribution in [1.82, 2.24) is 0 Å². The highest BCUT2D eigenvalue weighted by molar-refractivity contribution is 8.40. The van der Waals surface area contributed by atoms with Crippen LogP contribution in [0.5, 0.6) is 0 Å². The highest BCUT2D eigenvalue weighted by Gasteiger charge is 2.20. The van der Waals surface area contributed by atoms with Gasteiger partial charge in [0.1, 0.15) is 9.28 Å². The van der Waals surface area contributed by atoms with Crippen LogP contribution in [0.1, 0.15) is 0 Å². The van der Waals surface area contributed by atoms with E-state index in [4.69, 9.17) is 5.11 Å². The lowest BCUT2D eigenvalue weighted by atomic mass is 10.6. The van der Waals surface area contributed by atoms with Crippen molar-refractivity contribution >= 4 is 33.8 Å². The summed E-state index contributed by atoms with van der Waals surface area (Å²) in [6, 6.07) is 0. The van der Waals surface area contributed by atoms with Gasteiger partial charge in [0.25, 0.3) is 5.91 Å². The first-order valence-corrected chi connectivity index (χ1v) is 4.51. The third kappa shape index (κ3) is 1.35. The number of hydrogen-bond donors (Lipinski definition) is 1. The summed E-state index contributed by atoms with van der Waals surface area (Å²) < 4.78 is 0.685. The first-order valence-electron chi connectivity index (χ1n) is 2.47. The van der Waals surface area contributed by atoms with E-state index >= 15 is 0 Å². The second-order valence-corrected chi connectivity index (χ2v) is 3.57. The zero-order valence-corrected chi connectivity index (χ0v) is 6.83. The van der Waals surface area contributed by atoms with Crippen molar-refractivity contribution in [2.45, 2.75) is 0 Å². The maximum absolute atomic E-state index is 10.7. The highest BCUT2D eigenvalue weighted by Crippen LogP contribution is 2.30. The first kappa shape index (κ1) is 7.68. The molecular weight excluding hydrogens is 170 g/mol. The van der Waals surface area contributed by atoms with Gasteiger partial charge in [-0.25, -0.2) is 0 Å². The Kier molecular flexibility index (Phi) is 2.39. The van der Waals surface area contributed by atoms with Crippen LogP contribution < -0.4 is 0 Å². The quantitative estimate of drug-likeness (QED) is 0.446. The van der Waals surface area contributed by atoms with Crippen LogP contribution >= 0.6 is 23.5 Å². The molecule has 0 unspecified atom stereocenters. The van der Waals surface area contributed by atoms with Gasteiger partial charge in [0.05, 0.1) is 6.26 Å². The number of carbonyl (C=O) groups excluding carboxylic acids is 1. The van der Waals surface area contributed by atoms with Gasteiger partial charge >= 0.3 is 0 Å². The van der Waals surface area contributed by atoms with Gasteiger partial charge in [0, 0.05) is 0 Å². The molecule has 1 amide bonds. The second-order valence-electron chi connectivity index (χ2n) is 1.48. The lowest BCUT2D eigenvalue weighted by Crippen LogP contribution is -1.86. The summed E-state index contributed by atoms with van der Waals surface area (Å²) >= 11 is 2.59. The van der Waals surface area contributed by atoms with Crippen molar-refractivity contribution in [3.8, 4) is 0 Å². The Morgan fingerprint density at radius 1 is 1.80 bits per heavy atom. The topological polar surface area (TPSA) is 49.7 Å². The van der Waals surface area contributed by atoms with E-state index in [0.29, 0.717) is 9.28 Å². The largest absolute Gasteiger partial charge is 0.514 e. The molecule has 5 heteroatoms. The van der Waals surface area contributed by atoms with Crippen LogP contribution in [0, 0.1) is 0 Å². The molecule has 0 atom stereocenters. The van der Waals surface area contributed by atoms with Crippen LogP contribution in [-0.2, 0) is 4.79 Å². The van der Waals surface area contributed by atoms with E-state index in [0.717, 1.165) is 6.26 Å². The minimum absolute atomic E-state index is 0.296. The maximum atomic E-state index is 10.7. The Morgan fingerprint density at radius 3 is 2.80 bits per heavy atom. The molecule has 0 radical (unpaired) electrons. The van der Waals surface area contributed by atoms with E-state index in [1.807, 2.05) is 6.26 Å². The van der Waals surface area contributed by atoms with Gasteiger partial charge in [0.2, 0.25) is 0 Å². The second kappa shape index (κ2) is 3.12. The fraction of sp³-hybridized carbons (Fsp3) is 0.200. The molecule has 0 aromatic heterocycles. The van der Waals surface area contributed by atoms with E-state index < -0.39 is 0 Å². The van der Waals surface area contributed by atoms with Crippen LogP contribution in [0.3, 0.4) is 0 Å². The summed E-state index contributed by atoms with van der Waals surface area (Å²) in [4.78, 5) is 14.7. The fourth-order valence-electron chi connectivity index (χ4n) is 0.467. The van der Waals surface area contributed by atoms with Crippen LogP contribution in [0.25, 0.3) is 0 Å². The summed E-state index contributed by atoms with van der Waals surface area (Å²) in [7, 11) is 0. The van der Waals surface area contributed by atoms with Gasteiger partial charge in [-0.15, -0.1) is 11.8 Å². The number of carbonyl (C=O) groups is 1. The molecule has 0 bridgehead atoms. The van der Waals surface area contributed by atoms with Crippen molar-refractivity contribution in [2.75, 3.05) is 6.26 Å². The average Bonchev–Trinajstić information content (AvgIpc) is 2.30. The maximum Gasteiger partial charge on any atom is 0.288 e. The minimum Gasteiger partial charge on any atom is -0.514 e. The zero-order chi connectivity index (χ0) is 7.56. The molecule has 3 nitrogen and oxygen atoms in total. The van der Waals surface area contributed by atoms with Crippen LogP contribution in [0.15, 0.2) is 16.2 Å². The van der Waals surface area contributed by atoms with Crippen molar-refractivity contribution in [3.05, 3.63) is 11.2 Å². The summed E-state index contributed by atoms with van der Waals surface area (Å²) in [5.74, 6) is -0.350. The van der Waals surface area contributed by atoms with E-state index in [-0.39, 0.29) is 5.91 Å². The van der Waals surface area contributed by atoms with Crippen molar-refractivity contribution in [2.24, 2.45) is 4.99 Å². The Bertz CT molecular complexity index is 222. The molecule has 54 valence electrons. The normalized spacial score (nSPS) is 21.9. The van der Waals surface area contributed by atoms with Crippen LogP contribution in [-0.4, -0.2) is 21.6 Å². The number of nitrogens with zero attached hydrogens (tertiary/aromatic N) is 1. The molecule has 0 aliphatic carbocycles. The van der Waals surface area contributed by atoms with Gasteiger partial charge < -0.3 is 5.11 Å². The molecule has 1 N–H and O–H groups in total. The first-order chi connectivity index (χ1) is 4.77. The summed E-state index contributed by atoms with van der Waals surface area (Å²) in [5.41, 5.74) is 0. The number of hydrogen-bond acceptors (Lipinski definition) is 4. The number of aliphatic hydroxyl groups excluding tert-OH is 1. The zero-order valence-electron chi connectivity index (χ0n) is 5.20. The van der Waals surface area contributed by atoms with Crippen LogP contribution in [0.2, 0.25) is 0 Å². The Hall–Kier alpha value is -0.420. The third-order valence-corrected chi connectivity index (χ3v) is 2.85. The van der Waals surface area contributed by atoms with Gasteiger partial charge in [-0.05, 0) is 6.26 Å². The monoisotopic (exact) mass is 175 g/mol. The molecule has 0 aromatic carbocycles. The number of amides is 1. The van der Waals surface area contributed by atoms with E-state index in [9.17, 15) is 4.79 Å². The fourth-order valence-corrected chi connectivity index (χ4v) is 1.75. The van der Waals surface area contributed by atoms with E-state index in [1.165, 1.54) is 23.5 Å². The molecule has 10 heavy (non-hydrogen) atoms. The molecule has 0 aromatic rings. The lowest BCUT2D eigenvalue weighted by molar-refractivity contribution is -0.113. The molecule has 1 heterocycles. The molecular formula is C5H5NO2S2. The predicted octanol–water partition coefficient (Wildman–Crippen LogP) is 1.38. The molecule has 0 saturated heterocycles. The smallest absolute Gasteiger partial charge is 0.288 e. The average molecular weight is 175 g/mol. The van der Waals surface area contributed by atoms with Gasteiger partial charge in [0.15, 0.2) is 0 Å². The standard InChI is InChI=1S/C5H5NO2S2/c1-9-5-6-4(8)3(2-7)10-5/h2,7H,1H3/b3-2-. The Labute approximate surface area is 66.6 Å². The number of aliphatic hydroxyl groups is 1. The van der Waals surface area contributed by atoms with E-state index in [1.54, 1.807) is 0 Å². The minimum atomic E-state index is -0.350. The van der Waals surface area contributed by atoms with E-state index in [2.05, 4.69) is 4.99 Å². The van der Waals surface area contributed by atoms with Crippen molar-refractivity contribution in [3.63, 3.8) is 0 Å². The Balaban J connectivity index is 2.76. The number of aliphatic imine (C=N–C) groups is 1. The summed E-state index contributed by atoms with van der Waals surface area (Å²) in [6.45, 7) is 0. The molecule has 0 saturated carbocycles. The molecule has 0 fully saturated rings. The summed E-state index contributed by atoms with van der Waals surface area (Å²) in [6.07, 6.45) is 2.62. The van der Waals surface area contributed by atoms with Crippen molar-refractivity contribution < 1.29 is 9.90 Å². The molecule has 1 aliphatic heterocycles. The summed E-state index contributed by atoms with van der Waals surface area (Å²) in [5, 5.41) is 8.46. The van der Waals surface area contributed by atoms with Gasteiger partial charge in [-0.2, -0.15) is 4.99 Å². The van der Waals surface area contributed by atoms with Crippen LogP contribution in [0.4, 0.5) is 0 Å². The molecule has 1 rings (SSSR count). The third-order valence-electron chi connectivity index (χ3n) is 0.893. The lowest BCUT2D eigenvalue weighted by Gasteiger charge is -1.87. The molecule has 1 aliphatic rings. The van der Waals surface area contributed by atoms with Gasteiger partial charge in [-0.3, -0.25) is 4.79 Å². The highest BCUT2D eigenvalue weighted by atomic mass is 32.2. The number of rotatable bonds is 0. The Morgan fingerprint density at radius 2 is 2.50 bits per heavy atom. The van der Waals surface area contributed by atoms with Gasteiger partial charge in [-0.1, -0.05) is 11.8 Å². The SMILES string of the molecule is CSC1=NC(=O)/C(=C/O)S1.